The minimum Gasteiger partial charge on any atom is -0.493 e. The molecule has 0 bridgehead atoms. The number of carbonyl (C=O) groups is 1. The van der Waals surface area contributed by atoms with Gasteiger partial charge >= 0.3 is 0 Å². The molecule has 4 N–H and O–H groups in total. The molecule has 7 nitrogen and oxygen atoms in total. The van der Waals surface area contributed by atoms with Crippen LogP contribution in [0.5, 0.6) is 5.75 Å². The number of benzene rings is 1. The number of rotatable bonds is 9. The van der Waals surface area contributed by atoms with Gasteiger partial charge in [-0.2, -0.15) is 0 Å². The van der Waals surface area contributed by atoms with Gasteiger partial charge in [-0.3, -0.25) is 14.7 Å². The van der Waals surface area contributed by atoms with Crippen LogP contribution in [0.15, 0.2) is 29.3 Å². The standard InChI is InChI=1S/C21H35N5O2/c1-16(2)15-28-19-6-4-17(5-7-19)8-11-24-21(23-3)25-18-9-12-26(13-10-18)14-20(22)27/h4-7,16,18H,8-15H2,1-3H3,(H2,22,27)(H2,23,24,25). The second-order valence-corrected chi connectivity index (χ2v) is 7.76. The van der Waals surface area contributed by atoms with Crippen LogP contribution in [0.1, 0.15) is 32.3 Å². The number of nitrogens with zero attached hydrogens (tertiary/aromatic N) is 2. The molecule has 1 amide bonds. The maximum Gasteiger partial charge on any atom is 0.231 e. The summed E-state index contributed by atoms with van der Waals surface area (Å²) in [6, 6.07) is 8.66. The first kappa shape index (κ1) is 22.0. The van der Waals surface area contributed by atoms with Crippen LogP contribution >= 0.6 is 0 Å². The smallest absolute Gasteiger partial charge is 0.231 e. The van der Waals surface area contributed by atoms with Crippen LogP contribution in [0, 0.1) is 5.92 Å². The van der Waals surface area contributed by atoms with Crippen LogP contribution in [-0.4, -0.2) is 62.6 Å². The van der Waals surface area contributed by atoms with Gasteiger partial charge in [-0.05, 0) is 42.9 Å². The highest BCUT2D eigenvalue weighted by Crippen LogP contribution is 2.13. The van der Waals surface area contributed by atoms with Gasteiger partial charge in [0.05, 0.1) is 13.2 Å². The van der Waals surface area contributed by atoms with Crippen molar-refractivity contribution in [3.05, 3.63) is 29.8 Å². The Morgan fingerprint density at radius 1 is 1.29 bits per heavy atom. The van der Waals surface area contributed by atoms with Gasteiger partial charge in [-0.15, -0.1) is 0 Å². The summed E-state index contributed by atoms with van der Waals surface area (Å²) >= 11 is 0. The second-order valence-electron chi connectivity index (χ2n) is 7.76. The molecular weight excluding hydrogens is 354 g/mol. The van der Waals surface area contributed by atoms with Gasteiger partial charge in [0.2, 0.25) is 5.91 Å². The van der Waals surface area contributed by atoms with E-state index in [0.717, 1.165) is 57.2 Å². The van der Waals surface area contributed by atoms with Crippen molar-refractivity contribution >= 4 is 11.9 Å². The maximum atomic E-state index is 11.0. The summed E-state index contributed by atoms with van der Waals surface area (Å²) in [6.07, 6.45) is 2.87. The van der Waals surface area contributed by atoms with Crippen LogP contribution in [0.4, 0.5) is 0 Å². The molecule has 0 unspecified atom stereocenters. The molecule has 0 radical (unpaired) electrons. The number of primary amides is 1. The van der Waals surface area contributed by atoms with E-state index in [1.54, 1.807) is 7.05 Å². The van der Waals surface area contributed by atoms with Crippen LogP contribution in [0.3, 0.4) is 0 Å². The Labute approximate surface area is 168 Å². The zero-order valence-corrected chi connectivity index (χ0v) is 17.4. The number of hydrogen-bond acceptors (Lipinski definition) is 4. The molecule has 1 aromatic carbocycles. The van der Waals surface area contributed by atoms with Crippen molar-refractivity contribution in [1.82, 2.24) is 15.5 Å². The van der Waals surface area contributed by atoms with E-state index >= 15 is 0 Å². The summed E-state index contributed by atoms with van der Waals surface area (Å²) in [7, 11) is 1.79. The Hall–Kier alpha value is -2.28. The van der Waals surface area contributed by atoms with E-state index in [2.05, 4.69) is 46.5 Å². The number of hydrogen-bond donors (Lipinski definition) is 3. The zero-order chi connectivity index (χ0) is 20.4. The average Bonchev–Trinajstić information content (AvgIpc) is 2.67. The third-order valence-electron chi connectivity index (χ3n) is 4.74. The molecule has 1 saturated heterocycles. The molecule has 0 aromatic heterocycles. The summed E-state index contributed by atoms with van der Waals surface area (Å²) in [5, 5.41) is 6.86. The number of piperidine rings is 1. The van der Waals surface area contributed by atoms with E-state index in [4.69, 9.17) is 10.5 Å². The van der Waals surface area contributed by atoms with Crippen molar-refractivity contribution in [2.45, 2.75) is 39.2 Å². The molecule has 0 atom stereocenters. The fraction of sp³-hybridized carbons (Fsp3) is 0.619. The summed E-state index contributed by atoms with van der Waals surface area (Å²) in [5.41, 5.74) is 6.53. The number of ether oxygens (including phenoxy) is 1. The van der Waals surface area contributed by atoms with Crippen molar-refractivity contribution < 1.29 is 9.53 Å². The molecule has 0 saturated carbocycles. The maximum absolute atomic E-state index is 11.0. The fourth-order valence-corrected chi connectivity index (χ4v) is 3.18. The lowest BCUT2D eigenvalue weighted by Gasteiger charge is -2.32. The topological polar surface area (TPSA) is 92.0 Å². The summed E-state index contributed by atoms with van der Waals surface area (Å²) in [4.78, 5) is 17.4. The molecule has 7 heteroatoms. The molecule has 2 rings (SSSR count). The Morgan fingerprint density at radius 2 is 1.96 bits per heavy atom. The summed E-state index contributed by atoms with van der Waals surface area (Å²) in [6.45, 7) is 7.94. The van der Waals surface area contributed by atoms with Crippen LogP contribution in [0.2, 0.25) is 0 Å². The first-order chi connectivity index (χ1) is 13.5. The highest BCUT2D eigenvalue weighted by Gasteiger charge is 2.20. The van der Waals surface area contributed by atoms with Gasteiger partial charge in [0, 0.05) is 32.7 Å². The number of nitrogens with one attached hydrogen (secondary N) is 2. The SMILES string of the molecule is CN=C(NCCc1ccc(OCC(C)C)cc1)NC1CCN(CC(N)=O)CC1. The van der Waals surface area contributed by atoms with E-state index in [0.29, 0.717) is 18.5 Å². The highest BCUT2D eigenvalue weighted by molar-refractivity contribution is 5.80. The lowest BCUT2D eigenvalue weighted by Crippen LogP contribution is -2.50. The van der Waals surface area contributed by atoms with Crippen molar-refractivity contribution in [3.63, 3.8) is 0 Å². The van der Waals surface area contributed by atoms with Crippen LogP contribution in [-0.2, 0) is 11.2 Å². The number of nitrogens with two attached hydrogens (primary N) is 1. The van der Waals surface area contributed by atoms with E-state index in [1.165, 1.54) is 5.56 Å². The number of guanidine groups is 1. The minimum atomic E-state index is -0.261. The lowest BCUT2D eigenvalue weighted by molar-refractivity contribution is -0.119. The number of carbonyl (C=O) groups excluding carboxylic acids is 1. The Balaban J connectivity index is 1.68. The van der Waals surface area contributed by atoms with E-state index in [9.17, 15) is 4.79 Å². The minimum absolute atomic E-state index is 0.261. The third kappa shape index (κ3) is 8.17. The van der Waals surface area contributed by atoms with Crippen molar-refractivity contribution in [3.8, 4) is 5.75 Å². The number of likely N-dealkylation sites (tertiary alicyclic amines) is 1. The fourth-order valence-electron chi connectivity index (χ4n) is 3.18. The predicted octanol–water partition coefficient (Wildman–Crippen LogP) is 1.38. The summed E-state index contributed by atoms with van der Waals surface area (Å²) < 4.78 is 5.72. The quantitative estimate of drug-likeness (QED) is 0.438. The molecule has 1 aliphatic heterocycles. The molecule has 1 fully saturated rings. The molecule has 0 spiro atoms. The monoisotopic (exact) mass is 389 g/mol. The Kier molecular flexibility index (Phi) is 9.07. The van der Waals surface area contributed by atoms with Gasteiger partial charge in [0.15, 0.2) is 5.96 Å². The zero-order valence-electron chi connectivity index (χ0n) is 17.4. The predicted molar refractivity (Wildman–Crippen MR) is 114 cm³/mol. The van der Waals surface area contributed by atoms with Gasteiger partial charge in [0.1, 0.15) is 5.75 Å². The molecule has 1 heterocycles. The normalized spacial score (nSPS) is 16.2. The lowest BCUT2D eigenvalue weighted by atomic mass is 10.1. The van der Waals surface area contributed by atoms with Crippen molar-refractivity contribution in [2.24, 2.45) is 16.6 Å². The van der Waals surface area contributed by atoms with Gasteiger partial charge in [-0.25, -0.2) is 0 Å². The van der Waals surface area contributed by atoms with Crippen LogP contribution in [0.25, 0.3) is 0 Å². The molecular formula is C21H35N5O2. The first-order valence-electron chi connectivity index (χ1n) is 10.2. The van der Waals surface area contributed by atoms with Crippen molar-refractivity contribution in [2.75, 3.05) is 39.8 Å². The van der Waals surface area contributed by atoms with Gasteiger partial charge in [0.25, 0.3) is 0 Å². The largest absolute Gasteiger partial charge is 0.493 e. The van der Waals surface area contributed by atoms with E-state index < -0.39 is 0 Å². The van der Waals surface area contributed by atoms with E-state index in [-0.39, 0.29) is 5.91 Å². The van der Waals surface area contributed by atoms with Crippen LogP contribution < -0.4 is 21.1 Å². The molecule has 28 heavy (non-hydrogen) atoms. The molecule has 1 aromatic rings. The second kappa shape index (κ2) is 11.5. The average molecular weight is 390 g/mol. The molecule has 0 aliphatic carbocycles. The van der Waals surface area contributed by atoms with E-state index in [1.807, 2.05) is 12.1 Å². The third-order valence-corrected chi connectivity index (χ3v) is 4.74. The highest BCUT2D eigenvalue weighted by atomic mass is 16.5. The first-order valence-corrected chi connectivity index (χ1v) is 10.2. The van der Waals surface area contributed by atoms with Crippen molar-refractivity contribution in [1.29, 1.82) is 0 Å². The number of aliphatic imine (C=N–C) groups is 1. The number of amides is 1. The van der Waals surface area contributed by atoms with Gasteiger partial charge < -0.3 is 21.1 Å². The Morgan fingerprint density at radius 3 is 2.54 bits per heavy atom. The molecule has 1 aliphatic rings. The Bertz CT molecular complexity index is 622. The van der Waals surface area contributed by atoms with Gasteiger partial charge in [-0.1, -0.05) is 26.0 Å². The molecule has 156 valence electrons. The summed E-state index contributed by atoms with van der Waals surface area (Å²) in [5.74, 6) is 2.01.